The van der Waals surface area contributed by atoms with Gasteiger partial charge in [0.15, 0.2) is 0 Å². The van der Waals surface area contributed by atoms with E-state index in [0.29, 0.717) is 0 Å². The Balaban J connectivity index is 2.36. The normalized spacial score (nSPS) is 13.0. The molecule has 0 amide bonds. The van der Waals surface area contributed by atoms with Crippen LogP contribution >= 0.6 is 11.3 Å². The Morgan fingerprint density at radius 1 is 1.57 bits per heavy atom. The number of rotatable bonds is 3. The fourth-order valence-corrected chi connectivity index (χ4v) is 1.97. The molecule has 2 N–H and O–H groups in total. The zero-order valence-electron chi connectivity index (χ0n) is 7.77. The molecule has 1 atom stereocenters. The van der Waals surface area contributed by atoms with Crippen LogP contribution in [-0.2, 0) is 0 Å². The molecule has 2 aromatic rings. The second-order valence-electron chi connectivity index (χ2n) is 3.09. The number of anilines is 1. The van der Waals surface area contributed by atoms with Crippen molar-refractivity contribution in [3.8, 4) is 0 Å². The van der Waals surface area contributed by atoms with Gasteiger partial charge in [-0.25, -0.2) is 9.97 Å². The molecule has 0 aromatic carbocycles. The van der Waals surface area contributed by atoms with Gasteiger partial charge < -0.3 is 10.4 Å². The Labute approximate surface area is 85.6 Å². The number of hydrogen-bond donors (Lipinski definition) is 2. The van der Waals surface area contributed by atoms with Gasteiger partial charge in [0.1, 0.15) is 12.1 Å². The predicted molar refractivity (Wildman–Crippen MR) is 57.6 cm³/mol. The Bertz CT molecular complexity index is 429. The molecule has 74 valence electrons. The van der Waals surface area contributed by atoms with Crippen molar-refractivity contribution in [1.29, 1.82) is 0 Å². The summed E-state index contributed by atoms with van der Waals surface area (Å²) in [5.41, 5.74) is 0.942. The van der Waals surface area contributed by atoms with Crippen LogP contribution in [-0.4, -0.2) is 27.7 Å². The molecule has 4 nitrogen and oxygen atoms in total. The molecule has 14 heavy (non-hydrogen) atoms. The second-order valence-corrected chi connectivity index (χ2v) is 4.00. The van der Waals surface area contributed by atoms with Crippen molar-refractivity contribution in [3.05, 3.63) is 17.8 Å². The number of aromatic nitrogens is 2. The van der Waals surface area contributed by atoms with E-state index in [0.717, 1.165) is 16.0 Å². The first-order chi connectivity index (χ1) is 6.81. The molecular formula is C9H11N3OS. The largest absolute Gasteiger partial charge is 0.394 e. The third kappa shape index (κ3) is 1.69. The Hall–Kier alpha value is -1.20. The number of nitrogens with one attached hydrogen (secondary N) is 1. The molecule has 5 heteroatoms. The van der Waals surface area contributed by atoms with Crippen LogP contribution in [0.5, 0.6) is 0 Å². The summed E-state index contributed by atoms with van der Waals surface area (Å²) >= 11 is 1.60. The van der Waals surface area contributed by atoms with Crippen molar-refractivity contribution in [2.75, 3.05) is 11.9 Å². The molecule has 0 saturated heterocycles. The third-order valence-electron chi connectivity index (χ3n) is 1.90. The summed E-state index contributed by atoms with van der Waals surface area (Å²) in [6, 6.07) is 1.96. The van der Waals surface area contributed by atoms with E-state index in [1.54, 1.807) is 11.3 Å². The molecule has 0 aliphatic rings. The van der Waals surface area contributed by atoms with Crippen LogP contribution in [0.1, 0.15) is 6.92 Å². The number of thiophene rings is 1. The van der Waals surface area contributed by atoms with Crippen molar-refractivity contribution in [1.82, 2.24) is 9.97 Å². The summed E-state index contributed by atoms with van der Waals surface area (Å²) in [5, 5.41) is 14.0. The summed E-state index contributed by atoms with van der Waals surface area (Å²) in [6.45, 7) is 2.00. The molecule has 0 aliphatic heterocycles. The standard InChI is InChI=1S/C9H11N3OS/c1-6(4-13)12-9-8-7(2-3-14-8)10-5-11-9/h2-3,5-6,13H,4H2,1H3,(H,10,11,12). The van der Waals surface area contributed by atoms with Crippen LogP contribution in [0.4, 0.5) is 5.82 Å². The van der Waals surface area contributed by atoms with Crippen molar-refractivity contribution in [3.63, 3.8) is 0 Å². The molecule has 1 unspecified atom stereocenters. The zero-order chi connectivity index (χ0) is 9.97. The van der Waals surface area contributed by atoms with Crippen molar-refractivity contribution >= 4 is 27.4 Å². The summed E-state index contributed by atoms with van der Waals surface area (Å²) < 4.78 is 1.04. The maximum atomic E-state index is 8.92. The lowest BCUT2D eigenvalue weighted by Crippen LogP contribution is -2.20. The fourth-order valence-electron chi connectivity index (χ4n) is 1.17. The maximum Gasteiger partial charge on any atom is 0.147 e. The van der Waals surface area contributed by atoms with Crippen molar-refractivity contribution in [2.24, 2.45) is 0 Å². The minimum atomic E-state index is 0.00944. The van der Waals surface area contributed by atoms with Crippen molar-refractivity contribution in [2.45, 2.75) is 13.0 Å². The molecule has 0 saturated carbocycles. The average Bonchev–Trinajstić information content (AvgIpc) is 2.66. The summed E-state index contributed by atoms with van der Waals surface area (Å²) in [6.07, 6.45) is 1.53. The average molecular weight is 209 g/mol. The van der Waals surface area contributed by atoms with E-state index in [1.807, 2.05) is 18.4 Å². The van der Waals surface area contributed by atoms with Gasteiger partial charge in [-0.2, -0.15) is 0 Å². The van der Waals surface area contributed by atoms with Crippen molar-refractivity contribution < 1.29 is 5.11 Å². The van der Waals surface area contributed by atoms with E-state index in [1.165, 1.54) is 6.33 Å². The summed E-state index contributed by atoms with van der Waals surface area (Å²) in [4.78, 5) is 8.28. The molecule has 0 bridgehead atoms. The van der Waals surface area contributed by atoms with E-state index in [2.05, 4.69) is 15.3 Å². The fraction of sp³-hybridized carbons (Fsp3) is 0.333. The Morgan fingerprint density at radius 3 is 3.21 bits per heavy atom. The lowest BCUT2D eigenvalue weighted by Gasteiger charge is -2.11. The van der Waals surface area contributed by atoms with Crippen LogP contribution < -0.4 is 5.32 Å². The lowest BCUT2D eigenvalue weighted by molar-refractivity contribution is 0.281. The highest BCUT2D eigenvalue weighted by Crippen LogP contribution is 2.24. The van der Waals surface area contributed by atoms with Crippen LogP contribution in [0.2, 0.25) is 0 Å². The minimum absolute atomic E-state index is 0.00944. The molecule has 0 spiro atoms. The van der Waals surface area contributed by atoms with Crippen LogP contribution in [0.15, 0.2) is 17.8 Å². The number of aliphatic hydroxyl groups is 1. The smallest absolute Gasteiger partial charge is 0.147 e. The third-order valence-corrected chi connectivity index (χ3v) is 2.81. The van der Waals surface area contributed by atoms with Gasteiger partial charge in [0, 0.05) is 6.04 Å². The molecule has 0 radical (unpaired) electrons. The van der Waals surface area contributed by atoms with Gasteiger partial charge in [-0.3, -0.25) is 0 Å². The monoisotopic (exact) mass is 209 g/mol. The van der Waals surface area contributed by atoms with E-state index < -0.39 is 0 Å². The SMILES string of the molecule is CC(CO)Nc1ncnc2ccsc12. The van der Waals surface area contributed by atoms with E-state index >= 15 is 0 Å². The lowest BCUT2D eigenvalue weighted by atomic mass is 10.3. The van der Waals surface area contributed by atoms with Gasteiger partial charge in [0.05, 0.1) is 16.8 Å². The predicted octanol–water partition coefficient (Wildman–Crippen LogP) is 1.48. The van der Waals surface area contributed by atoms with Gasteiger partial charge in [0.25, 0.3) is 0 Å². The van der Waals surface area contributed by atoms with Crippen LogP contribution in [0.25, 0.3) is 10.2 Å². The van der Waals surface area contributed by atoms with Gasteiger partial charge in [-0.15, -0.1) is 11.3 Å². The molecular weight excluding hydrogens is 198 g/mol. The minimum Gasteiger partial charge on any atom is -0.394 e. The zero-order valence-corrected chi connectivity index (χ0v) is 8.58. The van der Waals surface area contributed by atoms with Gasteiger partial charge >= 0.3 is 0 Å². The highest BCUT2D eigenvalue weighted by molar-refractivity contribution is 7.17. The summed E-state index contributed by atoms with van der Waals surface area (Å²) in [5.74, 6) is 0.798. The maximum absolute atomic E-state index is 8.92. The highest BCUT2D eigenvalue weighted by atomic mass is 32.1. The quantitative estimate of drug-likeness (QED) is 0.804. The topological polar surface area (TPSA) is 58.0 Å². The number of aliphatic hydroxyl groups excluding tert-OH is 1. The highest BCUT2D eigenvalue weighted by Gasteiger charge is 2.06. The van der Waals surface area contributed by atoms with Gasteiger partial charge in [-0.05, 0) is 18.4 Å². The van der Waals surface area contributed by atoms with Gasteiger partial charge in [0.2, 0.25) is 0 Å². The van der Waals surface area contributed by atoms with Gasteiger partial charge in [-0.1, -0.05) is 0 Å². The van der Waals surface area contributed by atoms with Crippen LogP contribution in [0.3, 0.4) is 0 Å². The molecule has 2 rings (SSSR count). The van der Waals surface area contributed by atoms with E-state index in [9.17, 15) is 0 Å². The van der Waals surface area contributed by atoms with E-state index in [4.69, 9.17) is 5.11 Å². The first-order valence-electron chi connectivity index (χ1n) is 4.37. The number of nitrogens with zero attached hydrogens (tertiary/aromatic N) is 2. The number of hydrogen-bond acceptors (Lipinski definition) is 5. The molecule has 2 heterocycles. The first kappa shape index (κ1) is 9.36. The number of fused-ring (bicyclic) bond motifs is 1. The first-order valence-corrected chi connectivity index (χ1v) is 5.25. The molecule has 0 fully saturated rings. The molecule has 2 aromatic heterocycles. The Morgan fingerprint density at radius 2 is 2.43 bits per heavy atom. The second kappa shape index (κ2) is 3.89. The van der Waals surface area contributed by atoms with E-state index in [-0.39, 0.29) is 12.6 Å². The van der Waals surface area contributed by atoms with Crippen LogP contribution in [0, 0.1) is 0 Å². The molecule has 0 aliphatic carbocycles. The summed E-state index contributed by atoms with van der Waals surface area (Å²) in [7, 11) is 0. The Kier molecular flexibility index (Phi) is 2.60.